The van der Waals surface area contributed by atoms with Crippen LogP contribution >= 0.6 is 11.6 Å². The van der Waals surface area contributed by atoms with E-state index in [1.165, 1.54) is 12.8 Å². The summed E-state index contributed by atoms with van der Waals surface area (Å²) in [4.78, 5) is 12.3. The Hall–Kier alpha value is -2.73. The summed E-state index contributed by atoms with van der Waals surface area (Å²) in [5, 5.41) is 7.65. The molecule has 0 saturated heterocycles. The largest absolute Gasteiger partial charge is 0.486 e. The Kier molecular flexibility index (Phi) is 4.67. The lowest BCUT2D eigenvalue weighted by atomic mass is 10.3. The van der Waals surface area contributed by atoms with Crippen molar-refractivity contribution in [2.24, 2.45) is 5.92 Å². The zero-order chi connectivity index (χ0) is 17.9. The van der Waals surface area contributed by atoms with Crippen molar-refractivity contribution < 1.29 is 13.9 Å². The Labute approximate surface area is 155 Å². The van der Waals surface area contributed by atoms with E-state index < -0.39 is 0 Å². The van der Waals surface area contributed by atoms with Crippen molar-refractivity contribution in [1.82, 2.24) is 9.78 Å². The highest BCUT2D eigenvalue weighted by Crippen LogP contribution is 2.30. The molecular weight excluding hydrogens is 354 g/mol. The van der Waals surface area contributed by atoms with Crippen LogP contribution in [0.15, 0.2) is 53.2 Å². The van der Waals surface area contributed by atoms with Gasteiger partial charge in [-0.15, -0.1) is 0 Å². The standard InChI is InChI=1S/C19H18ClN3O3/c20-14-2-1-3-16(8-14)25-12-17-6-7-18(26-17)19(24)22-15-9-21-23(11-15)10-13-4-5-13/h1-3,6-9,11,13H,4-5,10,12H2,(H,22,24). The van der Waals surface area contributed by atoms with Crippen LogP contribution in [0.2, 0.25) is 5.02 Å². The molecule has 0 radical (unpaired) electrons. The summed E-state index contributed by atoms with van der Waals surface area (Å²) >= 11 is 5.92. The Morgan fingerprint density at radius 3 is 3.04 bits per heavy atom. The van der Waals surface area contributed by atoms with E-state index in [1.54, 1.807) is 30.5 Å². The number of amides is 1. The summed E-state index contributed by atoms with van der Waals surface area (Å²) in [6.07, 6.45) is 6.00. The second kappa shape index (κ2) is 7.25. The topological polar surface area (TPSA) is 69.3 Å². The molecule has 3 aromatic rings. The van der Waals surface area contributed by atoms with Crippen LogP contribution in [0.25, 0.3) is 0 Å². The fraction of sp³-hybridized carbons (Fsp3) is 0.263. The van der Waals surface area contributed by atoms with E-state index >= 15 is 0 Å². The number of carbonyl (C=O) groups excluding carboxylic acids is 1. The number of nitrogens with zero attached hydrogens (tertiary/aromatic N) is 2. The normalized spacial score (nSPS) is 13.6. The second-order valence-electron chi connectivity index (χ2n) is 6.36. The fourth-order valence-corrected chi connectivity index (χ4v) is 2.75. The second-order valence-corrected chi connectivity index (χ2v) is 6.80. The van der Waals surface area contributed by atoms with E-state index in [0.717, 1.165) is 12.5 Å². The lowest BCUT2D eigenvalue weighted by molar-refractivity contribution is 0.0992. The van der Waals surface area contributed by atoms with E-state index in [4.69, 9.17) is 20.8 Å². The molecule has 1 aromatic carbocycles. The Balaban J connectivity index is 1.33. The Morgan fingerprint density at radius 1 is 1.35 bits per heavy atom. The van der Waals surface area contributed by atoms with Crippen molar-refractivity contribution in [3.63, 3.8) is 0 Å². The zero-order valence-corrected chi connectivity index (χ0v) is 14.8. The first-order valence-corrected chi connectivity index (χ1v) is 8.84. The molecule has 1 fully saturated rings. The van der Waals surface area contributed by atoms with E-state index in [0.29, 0.717) is 22.2 Å². The molecule has 4 rings (SSSR count). The molecule has 0 spiro atoms. The molecular formula is C19H18ClN3O3. The Morgan fingerprint density at radius 2 is 2.23 bits per heavy atom. The van der Waals surface area contributed by atoms with Crippen LogP contribution in [0.5, 0.6) is 5.75 Å². The number of nitrogens with one attached hydrogen (secondary N) is 1. The van der Waals surface area contributed by atoms with Crippen LogP contribution in [-0.4, -0.2) is 15.7 Å². The summed E-state index contributed by atoms with van der Waals surface area (Å²) in [5.41, 5.74) is 0.656. The van der Waals surface area contributed by atoms with Gasteiger partial charge in [-0.2, -0.15) is 5.10 Å². The summed E-state index contributed by atoms with van der Waals surface area (Å²) in [6.45, 7) is 1.12. The van der Waals surface area contributed by atoms with E-state index in [1.807, 2.05) is 23.0 Å². The van der Waals surface area contributed by atoms with Gasteiger partial charge in [0.2, 0.25) is 0 Å². The molecule has 1 aliphatic carbocycles. The molecule has 1 N–H and O–H groups in total. The van der Waals surface area contributed by atoms with E-state index in [-0.39, 0.29) is 18.3 Å². The molecule has 0 aliphatic heterocycles. The van der Waals surface area contributed by atoms with Crippen molar-refractivity contribution in [1.29, 1.82) is 0 Å². The number of benzene rings is 1. The summed E-state index contributed by atoms with van der Waals surface area (Å²) in [7, 11) is 0. The monoisotopic (exact) mass is 371 g/mol. The molecule has 1 amide bonds. The quantitative estimate of drug-likeness (QED) is 0.669. The van der Waals surface area contributed by atoms with Crippen molar-refractivity contribution >= 4 is 23.2 Å². The van der Waals surface area contributed by atoms with Gasteiger partial charge in [-0.25, -0.2) is 0 Å². The predicted molar refractivity (Wildman–Crippen MR) is 97.4 cm³/mol. The van der Waals surface area contributed by atoms with Crippen LogP contribution in [0, 0.1) is 5.92 Å². The van der Waals surface area contributed by atoms with Crippen molar-refractivity contribution in [2.75, 3.05) is 5.32 Å². The van der Waals surface area contributed by atoms with Gasteiger partial charge in [0.05, 0.1) is 11.9 Å². The van der Waals surface area contributed by atoms with Gasteiger partial charge < -0.3 is 14.5 Å². The zero-order valence-electron chi connectivity index (χ0n) is 14.0. The minimum Gasteiger partial charge on any atom is -0.486 e. The van der Waals surface area contributed by atoms with Gasteiger partial charge in [-0.3, -0.25) is 9.48 Å². The minimum atomic E-state index is -0.315. The molecule has 0 bridgehead atoms. The number of furan rings is 1. The third-order valence-electron chi connectivity index (χ3n) is 4.10. The lowest BCUT2D eigenvalue weighted by Gasteiger charge is -2.04. The number of ether oxygens (including phenoxy) is 1. The summed E-state index contributed by atoms with van der Waals surface area (Å²) < 4.78 is 13.0. The van der Waals surface area contributed by atoms with Gasteiger partial charge in [0.25, 0.3) is 5.91 Å². The average molecular weight is 372 g/mol. The number of hydrogen-bond donors (Lipinski definition) is 1. The van der Waals surface area contributed by atoms with Crippen LogP contribution < -0.4 is 10.1 Å². The maximum atomic E-state index is 12.3. The average Bonchev–Trinajstić information content (AvgIpc) is 3.13. The molecule has 2 heterocycles. The van der Waals surface area contributed by atoms with Gasteiger partial charge in [0.15, 0.2) is 5.76 Å². The Bertz CT molecular complexity index is 914. The van der Waals surface area contributed by atoms with Gasteiger partial charge in [-0.1, -0.05) is 17.7 Å². The SMILES string of the molecule is O=C(Nc1cnn(CC2CC2)c1)c1ccc(COc2cccc(Cl)c2)o1. The molecule has 2 aromatic heterocycles. The molecule has 6 nitrogen and oxygen atoms in total. The van der Waals surface area contributed by atoms with Crippen LogP contribution in [0.4, 0.5) is 5.69 Å². The number of carbonyl (C=O) groups is 1. The number of hydrogen-bond acceptors (Lipinski definition) is 4. The van der Waals surface area contributed by atoms with Crippen molar-refractivity contribution in [3.05, 3.63) is 65.3 Å². The smallest absolute Gasteiger partial charge is 0.291 e. The predicted octanol–water partition coefficient (Wildman–Crippen LogP) is 4.37. The molecule has 134 valence electrons. The highest BCUT2D eigenvalue weighted by molar-refractivity contribution is 6.30. The van der Waals surface area contributed by atoms with Gasteiger partial charge >= 0.3 is 0 Å². The fourth-order valence-electron chi connectivity index (χ4n) is 2.57. The van der Waals surface area contributed by atoms with Gasteiger partial charge in [0, 0.05) is 17.8 Å². The van der Waals surface area contributed by atoms with Crippen LogP contribution in [-0.2, 0) is 13.2 Å². The van der Waals surface area contributed by atoms with Gasteiger partial charge in [-0.05, 0) is 49.1 Å². The number of anilines is 1. The third kappa shape index (κ3) is 4.26. The molecule has 0 atom stereocenters. The third-order valence-corrected chi connectivity index (χ3v) is 4.33. The summed E-state index contributed by atoms with van der Waals surface area (Å²) in [6, 6.07) is 10.5. The van der Waals surface area contributed by atoms with Crippen molar-refractivity contribution in [3.8, 4) is 5.75 Å². The first kappa shape index (κ1) is 16.7. The highest BCUT2D eigenvalue weighted by atomic mass is 35.5. The highest BCUT2D eigenvalue weighted by Gasteiger charge is 2.22. The minimum absolute atomic E-state index is 0.215. The number of rotatable bonds is 7. The van der Waals surface area contributed by atoms with Crippen LogP contribution in [0.1, 0.15) is 29.2 Å². The molecule has 7 heteroatoms. The molecule has 26 heavy (non-hydrogen) atoms. The lowest BCUT2D eigenvalue weighted by Crippen LogP contribution is -2.10. The maximum absolute atomic E-state index is 12.3. The first-order chi connectivity index (χ1) is 12.7. The number of halogens is 1. The first-order valence-electron chi connectivity index (χ1n) is 8.46. The summed E-state index contributed by atoms with van der Waals surface area (Å²) in [5.74, 6) is 1.84. The molecule has 1 saturated carbocycles. The number of aromatic nitrogens is 2. The molecule has 0 unspecified atom stereocenters. The van der Waals surface area contributed by atoms with Crippen LogP contribution in [0.3, 0.4) is 0 Å². The maximum Gasteiger partial charge on any atom is 0.291 e. The van der Waals surface area contributed by atoms with Gasteiger partial charge in [0.1, 0.15) is 18.1 Å². The molecule has 1 aliphatic rings. The van der Waals surface area contributed by atoms with E-state index in [9.17, 15) is 4.79 Å². The van der Waals surface area contributed by atoms with Crippen molar-refractivity contribution in [2.45, 2.75) is 26.0 Å². The van der Waals surface area contributed by atoms with E-state index in [2.05, 4.69) is 10.4 Å².